The van der Waals surface area contributed by atoms with Crippen molar-refractivity contribution in [2.75, 3.05) is 38.1 Å². The monoisotopic (exact) mass is 514 g/mol. The lowest BCUT2D eigenvalue weighted by molar-refractivity contribution is 0.313. The highest BCUT2D eigenvalue weighted by molar-refractivity contribution is 6.83. The van der Waals surface area contributed by atoms with Crippen molar-refractivity contribution in [2.24, 2.45) is 0 Å². The van der Waals surface area contributed by atoms with Crippen molar-refractivity contribution in [3.63, 3.8) is 0 Å². The first-order chi connectivity index (χ1) is 17.7. The molecule has 1 aliphatic heterocycles. The second-order valence-electron chi connectivity index (χ2n) is 10.3. The molecule has 1 saturated heterocycles. The molecule has 5 rings (SSSR count). The molecule has 2 aromatic heterocycles. The maximum absolute atomic E-state index is 13.2. The van der Waals surface area contributed by atoms with Crippen LogP contribution in [0.2, 0.25) is 13.1 Å². The molecule has 0 aliphatic carbocycles. The van der Waals surface area contributed by atoms with Crippen molar-refractivity contribution in [1.82, 2.24) is 24.2 Å². The van der Waals surface area contributed by atoms with E-state index in [1.54, 1.807) is 17.0 Å². The van der Waals surface area contributed by atoms with Crippen LogP contribution in [0.4, 0.5) is 5.69 Å². The number of likely N-dealkylation sites (N-methyl/N-ethyl adjacent to an activating group) is 1. The van der Waals surface area contributed by atoms with Crippen molar-refractivity contribution in [2.45, 2.75) is 26.1 Å². The number of piperazine rings is 1. The zero-order chi connectivity index (χ0) is 26.2. The van der Waals surface area contributed by atoms with Gasteiger partial charge in [-0.05, 0) is 55.2 Å². The van der Waals surface area contributed by atoms with Crippen LogP contribution in [0.1, 0.15) is 11.4 Å². The summed E-state index contributed by atoms with van der Waals surface area (Å²) in [5.41, 5.74) is 3.53. The summed E-state index contributed by atoms with van der Waals surface area (Å²) in [5.74, 6) is 0.650. The van der Waals surface area contributed by atoms with Crippen LogP contribution < -0.4 is 15.6 Å². The summed E-state index contributed by atoms with van der Waals surface area (Å²) in [6, 6.07) is 16.3. The Bertz CT molecular complexity index is 1480. The summed E-state index contributed by atoms with van der Waals surface area (Å²) in [7, 11) is -0.375. The molecule has 0 unspecified atom stereocenters. The van der Waals surface area contributed by atoms with Crippen molar-refractivity contribution in [3.8, 4) is 5.69 Å². The average molecular weight is 515 g/mol. The fourth-order valence-electron chi connectivity index (χ4n) is 4.79. The van der Waals surface area contributed by atoms with Crippen molar-refractivity contribution < 1.29 is 4.80 Å². The van der Waals surface area contributed by atoms with Crippen LogP contribution in [0, 0.1) is 0 Å². The first kappa shape index (κ1) is 25.1. The largest absolute Gasteiger partial charge is 0.428 e. The summed E-state index contributed by atoms with van der Waals surface area (Å²) >= 11 is 0. The van der Waals surface area contributed by atoms with Gasteiger partial charge in [0, 0.05) is 44.5 Å². The van der Waals surface area contributed by atoms with E-state index in [1.807, 2.05) is 42.0 Å². The SMILES string of the molecule is C=CCn1c(=O)c2cnc(Cc3ccc(N4CCN(C)CC4)cc3)nc2n1-c1cccc([Si](C)(C)O)c1. The van der Waals surface area contributed by atoms with Crippen LogP contribution >= 0.6 is 0 Å². The fraction of sp³-hybridized carbons (Fsp3) is 0.321. The predicted octanol–water partition coefficient (Wildman–Crippen LogP) is 2.52. The Labute approximate surface area is 218 Å². The van der Waals surface area contributed by atoms with E-state index in [4.69, 9.17) is 4.98 Å². The molecule has 1 fully saturated rings. The highest BCUT2D eigenvalue weighted by Crippen LogP contribution is 2.20. The molecule has 0 spiro atoms. The molecule has 0 amide bonds. The number of nitrogens with zero attached hydrogens (tertiary/aromatic N) is 6. The molecular formula is C28H34N6O2Si. The quantitative estimate of drug-likeness (QED) is 0.302. The molecule has 37 heavy (non-hydrogen) atoms. The highest BCUT2D eigenvalue weighted by Gasteiger charge is 2.22. The number of fused-ring (bicyclic) bond motifs is 1. The minimum absolute atomic E-state index is 0.163. The van der Waals surface area contributed by atoms with Gasteiger partial charge in [-0.15, -0.1) is 6.58 Å². The van der Waals surface area contributed by atoms with Crippen molar-refractivity contribution >= 4 is 30.2 Å². The number of hydrogen-bond acceptors (Lipinski definition) is 6. The molecule has 4 aromatic rings. The number of aromatic nitrogens is 4. The molecule has 8 nitrogen and oxygen atoms in total. The second kappa shape index (κ2) is 10.1. The zero-order valence-electron chi connectivity index (χ0n) is 21.8. The molecule has 1 aliphatic rings. The van der Waals surface area contributed by atoms with E-state index in [0.717, 1.165) is 42.6 Å². The average Bonchev–Trinajstić information content (AvgIpc) is 3.15. The molecule has 192 valence electrons. The summed E-state index contributed by atoms with van der Waals surface area (Å²) < 4.78 is 3.44. The van der Waals surface area contributed by atoms with Gasteiger partial charge in [-0.1, -0.05) is 30.3 Å². The Kier molecular flexibility index (Phi) is 6.85. The van der Waals surface area contributed by atoms with E-state index in [2.05, 4.69) is 52.7 Å². The maximum atomic E-state index is 13.2. The Morgan fingerprint density at radius 3 is 2.46 bits per heavy atom. The third-order valence-corrected chi connectivity index (χ3v) is 8.72. The van der Waals surface area contributed by atoms with E-state index < -0.39 is 8.32 Å². The zero-order valence-corrected chi connectivity index (χ0v) is 22.8. The molecule has 0 radical (unpaired) electrons. The Morgan fingerprint density at radius 1 is 1.05 bits per heavy atom. The van der Waals surface area contributed by atoms with Crippen LogP contribution in [-0.2, 0) is 13.0 Å². The number of benzene rings is 2. The molecule has 0 atom stereocenters. The standard InChI is InChI=1S/C28H34N6O2Si/c1-5-13-33-28(35)25-20-29-26(18-21-9-11-22(12-10-21)32-16-14-31(2)15-17-32)30-27(25)34(33)23-7-6-8-24(19-23)37(3,4)36/h5-12,19-20,36H,1,13-18H2,2-4H3. The summed E-state index contributed by atoms with van der Waals surface area (Å²) in [6.45, 7) is 12.1. The van der Waals surface area contributed by atoms with Crippen molar-refractivity contribution in [3.05, 3.63) is 89.1 Å². The number of anilines is 1. The van der Waals surface area contributed by atoms with E-state index in [9.17, 15) is 9.59 Å². The first-order valence-electron chi connectivity index (χ1n) is 12.7. The van der Waals surface area contributed by atoms with Gasteiger partial charge >= 0.3 is 0 Å². The normalized spacial score (nSPS) is 14.9. The summed E-state index contributed by atoms with van der Waals surface area (Å²) in [4.78, 5) is 38.1. The molecule has 9 heteroatoms. The number of rotatable bonds is 7. The van der Waals surface area contributed by atoms with Crippen LogP contribution in [0.25, 0.3) is 16.7 Å². The lowest BCUT2D eigenvalue weighted by atomic mass is 10.1. The third kappa shape index (κ3) is 5.15. The molecule has 3 heterocycles. The predicted molar refractivity (Wildman–Crippen MR) is 152 cm³/mol. The van der Waals surface area contributed by atoms with Gasteiger partial charge in [0.15, 0.2) is 5.65 Å². The van der Waals surface area contributed by atoms with Gasteiger partial charge in [0.05, 0.1) is 12.2 Å². The molecular weight excluding hydrogens is 480 g/mol. The van der Waals surface area contributed by atoms with Gasteiger partial charge in [0.1, 0.15) is 11.2 Å². The first-order valence-corrected chi connectivity index (χ1v) is 15.6. The molecule has 0 bridgehead atoms. The van der Waals surface area contributed by atoms with Gasteiger partial charge in [-0.3, -0.25) is 4.79 Å². The second-order valence-corrected chi connectivity index (χ2v) is 13.9. The Balaban J connectivity index is 1.50. The van der Waals surface area contributed by atoms with Gasteiger partial charge in [0.2, 0.25) is 8.32 Å². The van der Waals surface area contributed by atoms with Gasteiger partial charge in [0.25, 0.3) is 5.56 Å². The number of hydrogen-bond donors (Lipinski definition) is 1. The minimum Gasteiger partial charge on any atom is -0.428 e. The summed E-state index contributed by atoms with van der Waals surface area (Å²) in [6.07, 6.45) is 3.89. The molecule has 1 N–H and O–H groups in total. The van der Waals surface area contributed by atoms with Crippen LogP contribution in [0.15, 0.2) is 72.2 Å². The van der Waals surface area contributed by atoms with Crippen LogP contribution in [-0.4, -0.2) is 70.6 Å². The Hall–Kier alpha value is -3.53. The van der Waals surface area contributed by atoms with E-state index in [0.29, 0.717) is 29.8 Å². The van der Waals surface area contributed by atoms with Crippen molar-refractivity contribution in [1.29, 1.82) is 0 Å². The van der Waals surface area contributed by atoms with E-state index in [-0.39, 0.29) is 5.56 Å². The Morgan fingerprint density at radius 2 is 1.78 bits per heavy atom. The van der Waals surface area contributed by atoms with Gasteiger partial charge in [-0.25, -0.2) is 19.3 Å². The minimum atomic E-state index is -2.54. The lowest BCUT2D eigenvalue weighted by Gasteiger charge is -2.34. The summed E-state index contributed by atoms with van der Waals surface area (Å²) in [5, 5.41) is 1.35. The maximum Gasteiger partial charge on any atom is 0.278 e. The topological polar surface area (TPSA) is 79.4 Å². The smallest absolute Gasteiger partial charge is 0.278 e. The van der Waals surface area contributed by atoms with Gasteiger partial charge in [-0.2, -0.15) is 0 Å². The molecule has 0 saturated carbocycles. The lowest BCUT2D eigenvalue weighted by Crippen LogP contribution is -2.44. The van der Waals surface area contributed by atoms with Gasteiger partial charge < -0.3 is 14.6 Å². The molecule has 2 aromatic carbocycles. The third-order valence-electron chi connectivity index (χ3n) is 6.99. The van der Waals surface area contributed by atoms with Crippen LogP contribution in [0.5, 0.6) is 0 Å². The van der Waals surface area contributed by atoms with Crippen LogP contribution in [0.3, 0.4) is 0 Å². The number of allylic oxidation sites excluding steroid dienone is 1. The fourth-order valence-corrected chi connectivity index (χ4v) is 5.79. The van der Waals surface area contributed by atoms with E-state index >= 15 is 0 Å². The van der Waals surface area contributed by atoms with E-state index in [1.165, 1.54) is 5.69 Å². The highest BCUT2D eigenvalue weighted by atomic mass is 28.4.